The lowest BCUT2D eigenvalue weighted by Gasteiger charge is -2.36. The Balaban J connectivity index is 1.79. The number of carbonyl (C=O) groups excluding carboxylic acids is 2. The first-order chi connectivity index (χ1) is 15.8. The second kappa shape index (κ2) is 9.42. The number of nitrogens with zero attached hydrogens (tertiary/aromatic N) is 1. The number of amides is 1. The molecule has 2 aromatic carbocycles. The van der Waals surface area contributed by atoms with Crippen molar-refractivity contribution in [2.45, 2.75) is 65.8 Å². The van der Waals surface area contributed by atoms with Crippen LogP contribution in [0.15, 0.2) is 59.8 Å². The number of hydrogen-bond donors (Lipinski definition) is 1. The summed E-state index contributed by atoms with van der Waals surface area (Å²) in [6, 6.07) is 15.2. The van der Waals surface area contributed by atoms with E-state index in [9.17, 15) is 9.59 Å². The van der Waals surface area contributed by atoms with Crippen LogP contribution in [0.3, 0.4) is 0 Å². The van der Waals surface area contributed by atoms with Crippen LogP contribution >= 0.6 is 0 Å². The molecule has 2 aliphatic rings. The number of hydrogen-bond acceptors (Lipinski definition) is 4. The Labute approximate surface area is 196 Å². The quantitative estimate of drug-likeness (QED) is 0.520. The maximum atomic E-state index is 13.5. The van der Waals surface area contributed by atoms with Crippen LogP contribution in [0.4, 0.5) is 11.4 Å². The second-order valence-corrected chi connectivity index (χ2v) is 9.89. The molecule has 0 bridgehead atoms. The summed E-state index contributed by atoms with van der Waals surface area (Å²) in [6.45, 7) is 8.67. The molecule has 5 nitrogen and oxygen atoms in total. The molecule has 2 aromatic rings. The van der Waals surface area contributed by atoms with Crippen LogP contribution in [0.5, 0.6) is 5.75 Å². The van der Waals surface area contributed by atoms with Crippen LogP contribution in [0.1, 0.15) is 71.4 Å². The number of fused-ring (bicyclic) bond motifs is 1. The molecular formula is C28H34N2O3. The number of Topliss-reactive ketones (excluding diaryl/α,β-unsaturated/α-hetero) is 1. The maximum Gasteiger partial charge on any atom is 0.224 e. The zero-order valence-corrected chi connectivity index (χ0v) is 20.1. The Morgan fingerprint density at radius 2 is 1.82 bits per heavy atom. The lowest BCUT2D eigenvalue weighted by Crippen LogP contribution is -2.38. The van der Waals surface area contributed by atoms with Crippen molar-refractivity contribution in [2.75, 3.05) is 16.8 Å². The smallest absolute Gasteiger partial charge is 0.224 e. The first-order valence-electron chi connectivity index (χ1n) is 12.0. The predicted octanol–water partition coefficient (Wildman–Crippen LogP) is 6.42. The zero-order chi connectivity index (χ0) is 23.6. The first kappa shape index (κ1) is 23.1. The summed E-state index contributed by atoms with van der Waals surface area (Å²) < 4.78 is 5.89. The van der Waals surface area contributed by atoms with Gasteiger partial charge in [0, 0.05) is 24.6 Å². The summed E-state index contributed by atoms with van der Waals surface area (Å²) in [4.78, 5) is 28.3. The van der Waals surface area contributed by atoms with Crippen molar-refractivity contribution in [3.05, 3.63) is 65.4 Å². The van der Waals surface area contributed by atoms with Crippen LogP contribution < -0.4 is 15.0 Å². The zero-order valence-electron chi connectivity index (χ0n) is 20.1. The number of unbranched alkanes of at least 4 members (excludes halogenated alkanes) is 2. The van der Waals surface area contributed by atoms with E-state index in [0.717, 1.165) is 54.1 Å². The third kappa shape index (κ3) is 4.82. The van der Waals surface area contributed by atoms with Crippen LogP contribution in [0.2, 0.25) is 0 Å². The van der Waals surface area contributed by atoms with Crippen molar-refractivity contribution in [3.8, 4) is 5.75 Å². The monoisotopic (exact) mass is 446 g/mol. The third-order valence-electron chi connectivity index (χ3n) is 6.45. The highest BCUT2D eigenvalue weighted by Crippen LogP contribution is 2.48. The van der Waals surface area contributed by atoms with Crippen LogP contribution in [-0.2, 0) is 9.59 Å². The Morgan fingerprint density at radius 3 is 2.52 bits per heavy atom. The molecule has 1 N–H and O–H groups in total. The van der Waals surface area contributed by atoms with E-state index >= 15 is 0 Å². The molecule has 1 atom stereocenters. The lowest BCUT2D eigenvalue weighted by molar-refractivity contribution is -0.118. The highest BCUT2D eigenvalue weighted by atomic mass is 16.5. The van der Waals surface area contributed by atoms with E-state index in [-0.39, 0.29) is 17.1 Å². The lowest BCUT2D eigenvalue weighted by atomic mass is 9.73. The number of rotatable bonds is 6. The average molecular weight is 447 g/mol. The van der Waals surface area contributed by atoms with Gasteiger partial charge in [0.05, 0.1) is 24.0 Å². The van der Waals surface area contributed by atoms with Gasteiger partial charge in [-0.1, -0.05) is 57.9 Å². The molecule has 1 aliphatic heterocycles. The van der Waals surface area contributed by atoms with Crippen molar-refractivity contribution < 1.29 is 14.3 Å². The topological polar surface area (TPSA) is 58.6 Å². The molecule has 1 aliphatic carbocycles. The van der Waals surface area contributed by atoms with E-state index in [4.69, 9.17) is 4.74 Å². The molecule has 0 saturated heterocycles. The van der Waals surface area contributed by atoms with Gasteiger partial charge in [-0.15, -0.1) is 0 Å². The van der Waals surface area contributed by atoms with Crippen LogP contribution in [0.25, 0.3) is 0 Å². The van der Waals surface area contributed by atoms with Gasteiger partial charge in [0.2, 0.25) is 5.91 Å². The fourth-order valence-electron chi connectivity index (χ4n) is 4.94. The van der Waals surface area contributed by atoms with E-state index in [1.54, 1.807) is 11.8 Å². The fraction of sp³-hybridized carbons (Fsp3) is 0.429. The van der Waals surface area contributed by atoms with Crippen molar-refractivity contribution in [1.29, 1.82) is 0 Å². The number of nitrogens with one attached hydrogen (secondary N) is 1. The van der Waals surface area contributed by atoms with Crippen molar-refractivity contribution in [2.24, 2.45) is 5.41 Å². The molecule has 0 aromatic heterocycles. The van der Waals surface area contributed by atoms with Gasteiger partial charge in [0.25, 0.3) is 0 Å². The summed E-state index contributed by atoms with van der Waals surface area (Å²) in [5.74, 6) is 0.805. The SMILES string of the molecule is CCCCCOc1ccc([C@H]2C3=C(CC(C)(C)CC3=O)Nc3ccccc3N2C(C)=O)cc1. The fourth-order valence-corrected chi connectivity index (χ4v) is 4.94. The maximum absolute atomic E-state index is 13.5. The second-order valence-electron chi connectivity index (χ2n) is 9.89. The van der Waals surface area contributed by atoms with Gasteiger partial charge in [-0.05, 0) is 48.1 Å². The van der Waals surface area contributed by atoms with E-state index in [1.807, 2.05) is 48.5 Å². The minimum Gasteiger partial charge on any atom is -0.494 e. The van der Waals surface area contributed by atoms with Gasteiger partial charge in [0.15, 0.2) is 5.78 Å². The largest absolute Gasteiger partial charge is 0.494 e. The molecule has 0 spiro atoms. The molecule has 33 heavy (non-hydrogen) atoms. The number of benzene rings is 2. The molecule has 4 rings (SSSR count). The molecule has 174 valence electrons. The average Bonchev–Trinajstić information content (AvgIpc) is 2.90. The van der Waals surface area contributed by atoms with Crippen LogP contribution in [0, 0.1) is 5.41 Å². The van der Waals surface area contributed by atoms with E-state index in [1.165, 1.54) is 0 Å². The highest BCUT2D eigenvalue weighted by molar-refractivity contribution is 6.05. The Kier molecular flexibility index (Phi) is 6.59. The Bertz CT molecular complexity index is 1070. The van der Waals surface area contributed by atoms with Crippen LogP contribution in [-0.4, -0.2) is 18.3 Å². The molecule has 1 heterocycles. The predicted molar refractivity (Wildman–Crippen MR) is 132 cm³/mol. The summed E-state index contributed by atoms with van der Waals surface area (Å²) in [7, 11) is 0. The normalized spacial score (nSPS) is 19.3. The molecular weight excluding hydrogens is 412 g/mol. The van der Waals surface area contributed by atoms with Gasteiger partial charge in [0.1, 0.15) is 5.75 Å². The minimum absolute atomic E-state index is 0.0951. The summed E-state index contributed by atoms with van der Waals surface area (Å²) in [5, 5.41) is 3.52. The molecule has 1 amide bonds. The van der Waals surface area contributed by atoms with Crippen molar-refractivity contribution in [3.63, 3.8) is 0 Å². The molecule has 0 radical (unpaired) electrons. The minimum atomic E-state index is -0.480. The third-order valence-corrected chi connectivity index (χ3v) is 6.45. The Hall–Kier alpha value is -3.08. The molecule has 0 fully saturated rings. The summed E-state index contributed by atoms with van der Waals surface area (Å²) in [5.41, 5.74) is 4.02. The van der Waals surface area contributed by atoms with Gasteiger partial charge in [-0.3, -0.25) is 14.5 Å². The van der Waals surface area contributed by atoms with E-state index in [2.05, 4.69) is 26.1 Å². The van der Waals surface area contributed by atoms with Crippen molar-refractivity contribution >= 4 is 23.1 Å². The van der Waals surface area contributed by atoms with Gasteiger partial charge < -0.3 is 10.1 Å². The number of ether oxygens (including phenoxy) is 1. The highest BCUT2D eigenvalue weighted by Gasteiger charge is 2.42. The van der Waals surface area contributed by atoms with E-state index < -0.39 is 6.04 Å². The standard InChI is InChI=1S/C28H34N2O3/c1-5-6-9-16-33-21-14-12-20(13-15-21)27-26-23(17-28(3,4)18-25(26)32)29-22-10-7-8-11-24(22)30(27)19(2)31/h7-8,10-15,27,29H,5-6,9,16-18H2,1-4H3/t27-/m0/s1. The first-order valence-corrected chi connectivity index (χ1v) is 12.0. The van der Waals surface area contributed by atoms with Gasteiger partial charge >= 0.3 is 0 Å². The summed E-state index contributed by atoms with van der Waals surface area (Å²) >= 11 is 0. The number of para-hydroxylation sites is 2. The van der Waals surface area contributed by atoms with Crippen molar-refractivity contribution in [1.82, 2.24) is 0 Å². The number of carbonyl (C=O) groups is 2. The van der Waals surface area contributed by atoms with Gasteiger partial charge in [-0.25, -0.2) is 0 Å². The number of ketones is 1. The molecule has 0 saturated carbocycles. The number of anilines is 2. The Morgan fingerprint density at radius 1 is 1.09 bits per heavy atom. The summed E-state index contributed by atoms with van der Waals surface area (Å²) in [6.07, 6.45) is 4.55. The molecule has 5 heteroatoms. The van der Waals surface area contributed by atoms with Gasteiger partial charge in [-0.2, -0.15) is 0 Å². The van der Waals surface area contributed by atoms with E-state index in [0.29, 0.717) is 18.6 Å². The number of allylic oxidation sites excluding steroid dienone is 1. The molecule has 0 unspecified atom stereocenters.